The highest BCUT2D eigenvalue weighted by Gasteiger charge is 2.37. The molecule has 5 nitrogen and oxygen atoms in total. The molecule has 17 heavy (non-hydrogen) atoms. The number of aliphatic hydroxyl groups is 1. The van der Waals surface area contributed by atoms with Gasteiger partial charge in [0.15, 0.2) is 0 Å². The van der Waals surface area contributed by atoms with Gasteiger partial charge in [-0.15, -0.1) is 0 Å². The van der Waals surface area contributed by atoms with Crippen LogP contribution in [0.1, 0.15) is 5.56 Å². The topological polar surface area (TPSA) is 86.6 Å². The van der Waals surface area contributed by atoms with E-state index in [1.807, 2.05) is 0 Å². The van der Waals surface area contributed by atoms with Crippen molar-refractivity contribution in [1.82, 2.24) is 0 Å². The molecular formula is C11H13NO4S. The van der Waals surface area contributed by atoms with Crippen molar-refractivity contribution >= 4 is 15.8 Å². The fraction of sp³-hybridized carbons (Fsp3) is 0.273. The molecule has 0 saturated heterocycles. The molecule has 0 aromatic heterocycles. The molecule has 1 heterocycles. The predicted molar refractivity (Wildman–Crippen MR) is 64.4 cm³/mol. The third-order valence-electron chi connectivity index (χ3n) is 2.83. The lowest BCUT2D eigenvalue weighted by atomic mass is 9.80. The van der Waals surface area contributed by atoms with E-state index in [4.69, 9.17) is 4.55 Å². The van der Waals surface area contributed by atoms with Gasteiger partial charge >= 0.3 is 0 Å². The summed E-state index contributed by atoms with van der Waals surface area (Å²) in [5.74, 6) is -0.536. The highest BCUT2D eigenvalue weighted by Crippen LogP contribution is 2.35. The lowest BCUT2D eigenvalue weighted by Gasteiger charge is -2.32. The van der Waals surface area contributed by atoms with E-state index in [1.54, 1.807) is 36.5 Å². The van der Waals surface area contributed by atoms with Gasteiger partial charge in [-0.25, -0.2) is 0 Å². The molecule has 1 unspecified atom stereocenters. The highest BCUT2D eigenvalue weighted by molar-refractivity contribution is 7.85. The lowest BCUT2D eigenvalue weighted by Crippen LogP contribution is -2.38. The van der Waals surface area contributed by atoms with Gasteiger partial charge < -0.3 is 10.4 Å². The van der Waals surface area contributed by atoms with E-state index >= 15 is 0 Å². The summed E-state index contributed by atoms with van der Waals surface area (Å²) in [7, 11) is -4.18. The monoisotopic (exact) mass is 255 g/mol. The normalized spacial score (nSPS) is 22.9. The van der Waals surface area contributed by atoms with Crippen LogP contribution in [-0.4, -0.2) is 30.4 Å². The molecule has 3 N–H and O–H groups in total. The van der Waals surface area contributed by atoms with Crippen molar-refractivity contribution < 1.29 is 18.1 Å². The van der Waals surface area contributed by atoms with E-state index in [9.17, 15) is 13.5 Å². The highest BCUT2D eigenvalue weighted by atomic mass is 32.2. The first kappa shape index (κ1) is 12.1. The fourth-order valence-corrected chi connectivity index (χ4v) is 3.05. The number of hydrogen-bond donors (Lipinski definition) is 3. The molecule has 1 aromatic rings. The van der Waals surface area contributed by atoms with Crippen LogP contribution in [0.25, 0.3) is 0 Å². The molecular weight excluding hydrogens is 242 g/mol. The Kier molecular flexibility index (Phi) is 2.94. The molecule has 6 heteroatoms. The summed E-state index contributed by atoms with van der Waals surface area (Å²) >= 11 is 0. The molecule has 0 amide bonds. The summed E-state index contributed by atoms with van der Waals surface area (Å²) in [5.41, 5.74) is 0.297. The Morgan fingerprint density at radius 2 is 2.00 bits per heavy atom. The second-order valence-electron chi connectivity index (χ2n) is 4.06. The van der Waals surface area contributed by atoms with Crippen molar-refractivity contribution in [3.63, 3.8) is 0 Å². The molecule has 0 saturated carbocycles. The number of aliphatic hydroxyl groups excluding tert-OH is 1. The van der Waals surface area contributed by atoms with E-state index < -0.39 is 21.3 Å². The van der Waals surface area contributed by atoms with Crippen molar-refractivity contribution in [1.29, 1.82) is 0 Å². The number of para-hydroxylation sites is 1. The van der Waals surface area contributed by atoms with Crippen LogP contribution in [0.2, 0.25) is 0 Å². The van der Waals surface area contributed by atoms with Gasteiger partial charge in [0.1, 0.15) is 0 Å². The Morgan fingerprint density at radius 3 is 2.65 bits per heavy atom. The molecule has 1 aliphatic rings. The first-order valence-corrected chi connectivity index (χ1v) is 6.68. The fourth-order valence-electron chi connectivity index (χ4n) is 2.06. The zero-order chi connectivity index (χ0) is 12.5. The van der Waals surface area contributed by atoms with E-state index in [0.29, 0.717) is 5.56 Å². The second-order valence-corrected chi connectivity index (χ2v) is 5.52. The molecule has 0 aliphatic carbocycles. The minimum absolute atomic E-state index is 0.387. The molecule has 1 aliphatic heterocycles. The summed E-state index contributed by atoms with van der Waals surface area (Å²) < 4.78 is 31.1. The van der Waals surface area contributed by atoms with Gasteiger partial charge in [-0.05, 0) is 17.8 Å². The SMILES string of the molecule is O=S(=O)(O)CC1(CO)C=CNc2ccccc21. The van der Waals surface area contributed by atoms with Gasteiger partial charge in [0.25, 0.3) is 10.1 Å². The maximum absolute atomic E-state index is 11.1. The second kappa shape index (κ2) is 4.14. The van der Waals surface area contributed by atoms with Crippen molar-refractivity contribution in [3.05, 3.63) is 42.1 Å². The van der Waals surface area contributed by atoms with Crippen molar-refractivity contribution in [2.24, 2.45) is 0 Å². The van der Waals surface area contributed by atoms with Crippen molar-refractivity contribution in [3.8, 4) is 0 Å². The number of rotatable bonds is 3. The average molecular weight is 255 g/mol. The van der Waals surface area contributed by atoms with Gasteiger partial charge in [-0.3, -0.25) is 4.55 Å². The van der Waals surface area contributed by atoms with Crippen LogP contribution in [0.3, 0.4) is 0 Å². The average Bonchev–Trinajstić information content (AvgIpc) is 2.27. The number of hydrogen-bond acceptors (Lipinski definition) is 4. The maximum Gasteiger partial charge on any atom is 0.266 e. The molecule has 92 valence electrons. The van der Waals surface area contributed by atoms with Crippen LogP contribution in [-0.2, 0) is 15.5 Å². The third kappa shape index (κ3) is 2.33. The van der Waals surface area contributed by atoms with Crippen LogP contribution in [0.15, 0.2) is 36.5 Å². The summed E-state index contributed by atoms with van der Waals surface area (Å²) in [5, 5.41) is 12.5. The van der Waals surface area contributed by atoms with Crippen molar-refractivity contribution in [2.45, 2.75) is 5.41 Å². The van der Waals surface area contributed by atoms with Gasteiger partial charge in [0.05, 0.1) is 17.8 Å². The number of fused-ring (bicyclic) bond motifs is 1. The molecule has 2 rings (SSSR count). The first-order valence-electron chi connectivity index (χ1n) is 5.07. The summed E-state index contributed by atoms with van der Waals surface area (Å²) in [6.45, 7) is -0.387. The van der Waals surface area contributed by atoms with E-state index in [1.165, 1.54) is 0 Å². The maximum atomic E-state index is 11.1. The van der Waals surface area contributed by atoms with Crippen LogP contribution in [0, 0.1) is 0 Å². The summed E-state index contributed by atoms with van der Waals surface area (Å²) in [6, 6.07) is 7.08. The molecule has 0 radical (unpaired) electrons. The summed E-state index contributed by atoms with van der Waals surface area (Å²) in [4.78, 5) is 0. The summed E-state index contributed by atoms with van der Waals surface area (Å²) in [6.07, 6.45) is 3.13. The van der Waals surface area contributed by atoms with Crippen molar-refractivity contribution in [2.75, 3.05) is 17.7 Å². The molecule has 0 fully saturated rings. The number of nitrogens with one attached hydrogen (secondary N) is 1. The quantitative estimate of drug-likeness (QED) is 0.694. The number of benzene rings is 1. The van der Waals surface area contributed by atoms with Crippen LogP contribution in [0.4, 0.5) is 5.69 Å². The Morgan fingerprint density at radius 1 is 1.29 bits per heavy atom. The third-order valence-corrected chi connectivity index (χ3v) is 3.71. The first-order chi connectivity index (χ1) is 7.97. The molecule has 1 atom stereocenters. The van der Waals surface area contributed by atoms with E-state index in [0.717, 1.165) is 5.69 Å². The van der Waals surface area contributed by atoms with Gasteiger partial charge in [0, 0.05) is 5.69 Å². The molecule has 1 aromatic carbocycles. The Labute approximate surface area is 99.5 Å². The van der Waals surface area contributed by atoms with Gasteiger partial charge in [-0.2, -0.15) is 8.42 Å². The van der Waals surface area contributed by atoms with Crippen LogP contribution < -0.4 is 5.32 Å². The zero-order valence-electron chi connectivity index (χ0n) is 9.00. The van der Waals surface area contributed by atoms with Gasteiger partial charge in [0.2, 0.25) is 0 Å². The Balaban J connectivity index is 2.54. The largest absolute Gasteiger partial charge is 0.395 e. The molecule has 0 bridgehead atoms. The lowest BCUT2D eigenvalue weighted by molar-refractivity contribution is 0.235. The standard InChI is InChI=1S/C11H13NO4S/c13-7-11(8-17(14,15)16)5-6-12-10-4-2-1-3-9(10)11/h1-6,12-13H,7-8H2,(H,14,15,16). The number of anilines is 1. The minimum Gasteiger partial charge on any atom is -0.395 e. The van der Waals surface area contributed by atoms with Crippen LogP contribution >= 0.6 is 0 Å². The van der Waals surface area contributed by atoms with Crippen LogP contribution in [0.5, 0.6) is 0 Å². The Bertz CT molecular complexity index is 552. The Hall–Kier alpha value is -1.37. The minimum atomic E-state index is -4.18. The smallest absolute Gasteiger partial charge is 0.266 e. The zero-order valence-corrected chi connectivity index (χ0v) is 9.81. The van der Waals surface area contributed by atoms with E-state index in [2.05, 4.69) is 5.32 Å². The molecule has 0 spiro atoms. The van der Waals surface area contributed by atoms with Gasteiger partial charge in [-0.1, -0.05) is 24.3 Å². The van der Waals surface area contributed by atoms with E-state index in [-0.39, 0.29) is 6.61 Å². The predicted octanol–water partition coefficient (Wildman–Crippen LogP) is 0.744.